The van der Waals surface area contributed by atoms with Crippen LogP contribution >= 0.6 is 0 Å². The zero-order chi connectivity index (χ0) is 31.4. The highest BCUT2D eigenvalue weighted by Gasteiger charge is 2.40. The average Bonchev–Trinajstić information content (AvgIpc) is 3.38. The summed E-state index contributed by atoms with van der Waals surface area (Å²) in [5.74, 6) is -0.265. The average molecular weight is 623 g/mol. The van der Waals surface area contributed by atoms with Crippen LogP contribution in [-0.4, -0.2) is 111 Å². The number of amides is 3. The number of nitrogens with one attached hydrogen (secondary N) is 1. The van der Waals surface area contributed by atoms with E-state index in [1.807, 2.05) is 6.07 Å². The van der Waals surface area contributed by atoms with Gasteiger partial charge in [-0.3, -0.25) is 29.5 Å². The third-order valence-corrected chi connectivity index (χ3v) is 8.47. The van der Waals surface area contributed by atoms with Crippen LogP contribution in [0.3, 0.4) is 0 Å². The van der Waals surface area contributed by atoms with Crippen LogP contribution in [0.4, 0.5) is 0 Å². The molecule has 0 aliphatic carbocycles. The van der Waals surface area contributed by atoms with Crippen LogP contribution in [0.15, 0.2) is 42.5 Å². The van der Waals surface area contributed by atoms with Gasteiger partial charge in [-0.25, -0.2) is 0 Å². The molecule has 2 saturated heterocycles. The Morgan fingerprint density at radius 2 is 1.47 bits per heavy atom. The first-order valence-electron chi connectivity index (χ1n) is 16.2. The molecule has 1 unspecified atom stereocenters. The molecule has 2 fully saturated rings. The topological polar surface area (TPSA) is 110 Å². The van der Waals surface area contributed by atoms with Gasteiger partial charge in [0.1, 0.15) is 18.4 Å². The number of piperazine rings is 1. The number of nitrogens with zero attached hydrogens (tertiary/aromatic N) is 3. The maximum atomic E-state index is 13.1. The number of ether oxygens (including phenoxy) is 4. The maximum Gasteiger partial charge on any atom is 0.255 e. The predicted octanol–water partition coefficient (Wildman–Crippen LogP) is 2.60. The second-order valence-corrected chi connectivity index (χ2v) is 11.7. The van der Waals surface area contributed by atoms with Crippen molar-refractivity contribution in [3.63, 3.8) is 0 Å². The molecule has 3 aliphatic rings. The lowest BCUT2D eigenvalue weighted by molar-refractivity contribution is -0.136. The number of imide groups is 1. The molecule has 0 aromatic heterocycles. The van der Waals surface area contributed by atoms with Crippen molar-refractivity contribution in [2.45, 2.75) is 51.9 Å². The Balaban J connectivity index is 0.993. The summed E-state index contributed by atoms with van der Waals surface area (Å²) >= 11 is 0. The Labute approximate surface area is 265 Å². The van der Waals surface area contributed by atoms with Crippen LogP contribution in [0, 0.1) is 0 Å². The zero-order valence-corrected chi connectivity index (χ0v) is 26.3. The SMILES string of the molecule is CCCOCCOCCOCCN1CCN(Cc2ccc(COc3cccc4c3CN(C3CCC(=O)NC3=O)C4=O)cc2)CC1. The minimum absolute atomic E-state index is 0.200. The fraction of sp³-hybridized carbons (Fsp3) is 0.559. The zero-order valence-electron chi connectivity index (χ0n) is 26.3. The van der Waals surface area contributed by atoms with Crippen molar-refractivity contribution in [2.75, 3.05) is 72.4 Å². The van der Waals surface area contributed by atoms with E-state index in [-0.39, 0.29) is 18.2 Å². The molecule has 2 aromatic rings. The van der Waals surface area contributed by atoms with Crippen LogP contribution in [-0.2, 0) is 43.5 Å². The number of fused-ring (bicyclic) bond motifs is 1. The molecule has 3 amide bonds. The Hall–Kier alpha value is -3.35. The monoisotopic (exact) mass is 622 g/mol. The molecule has 0 bridgehead atoms. The standard InChI is InChI=1S/C34H46N4O7/c1-2-17-42-19-21-44-22-20-43-18-16-36-12-14-37(15-13-36)23-26-6-8-27(9-7-26)25-45-31-5-3-4-28-29(31)24-38(34(28)41)30-10-11-32(39)35-33(30)40/h3-9,30H,2,10-25H2,1H3,(H,35,39,40). The molecule has 45 heavy (non-hydrogen) atoms. The molecule has 5 rings (SSSR count). The van der Waals surface area contributed by atoms with E-state index in [9.17, 15) is 14.4 Å². The third-order valence-electron chi connectivity index (χ3n) is 8.47. The van der Waals surface area contributed by atoms with E-state index >= 15 is 0 Å². The van der Waals surface area contributed by atoms with Gasteiger partial charge in [0.2, 0.25) is 11.8 Å². The van der Waals surface area contributed by atoms with Crippen LogP contribution in [0.25, 0.3) is 0 Å². The molecule has 3 aliphatic heterocycles. The van der Waals surface area contributed by atoms with Gasteiger partial charge in [-0.2, -0.15) is 0 Å². The summed E-state index contributed by atoms with van der Waals surface area (Å²) in [5.41, 5.74) is 3.64. The van der Waals surface area contributed by atoms with Crippen LogP contribution in [0.2, 0.25) is 0 Å². The second kappa shape index (κ2) is 16.8. The van der Waals surface area contributed by atoms with Gasteiger partial charge < -0.3 is 23.8 Å². The Morgan fingerprint density at radius 1 is 0.800 bits per heavy atom. The second-order valence-electron chi connectivity index (χ2n) is 11.7. The molecular formula is C34H46N4O7. The molecule has 2 aromatic carbocycles. The van der Waals surface area contributed by atoms with Crippen molar-refractivity contribution in [1.82, 2.24) is 20.0 Å². The first-order chi connectivity index (χ1) is 22.0. The van der Waals surface area contributed by atoms with Crippen molar-refractivity contribution in [3.05, 3.63) is 64.7 Å². The molecular weight excluding hydrogens is 576 g/mol. The molecule has 0 saturated carbocycles. The van der Waals surface area contributed by atoms with Crippen molar-refractivity contribution in [3.8, 4) is 5.75 Å². The lowest BCUT2D eigenvalue weighted by Crippen LogP contribution is -2.52. The summed E-state index contributed by atoms with van der Waals surface area (Å²) < 4.78 is 22.8. The molecule has 1 N–H and O–H groups in total. The van der Waals surface area contributed by atoms with Gasteiger partial charge >= 0.3 is 0 Å². The summed E-state index contributed by atoms with van der Waals surface area (Å²) in [6.07, 6.45) is 1.60. The predicted molar refractivity (Wildman–Crippen MR) is 168 cm³/mol. The number of carbonyl (C=O) groups is 3. The Kier molecular flexibility index (Phi) is 12.3. The van der Waals surface area contributed by atoms with Crippen LogP contribution < -0.4 is 10.1 Å². The Bertz CT molecular complexity index is 1280. The van der Waals surface area contributed by atoms with Gasteiger partial charge in [-0.15, -0.1) is 0 Å². The van der Waals surface area contributed by atoms with E-state index in [2.05, 4.69) is 46.3 Å². The van der Waals surface area contributed by atoms with E-state index in [0.29, 0.717) is 57.3 Å². The van der Waals surface area contributed by atoms with Gasteiger partial charge in [0.25, 0.3) is 5.91 Å². The highest BCUT2D eigenvalue weighted by molar-refractivity contribution is 6.05. The maximum absolute atomic E-state index is 13.1. The van der Waals surface area contributed by atoms with E-state index in [1.165, 1.54) is 5.56 Å². The lowest BCUT2D eigenvalue weighted by atomic mass is 10.0. The molecule has 1 atom stereocenters. The van der Waals surface area contributed by atoms with Gasteiger partial charge in [0, 0.05) is 63.4 Å². The quantitative estimate of drug-likeness (QED) is 0.210. The summed E-state index contributed by atoms with van der Waals surface area (Å²) in [6, 6.07) is 13.3. The minimum atomic E-state index is -0.642. The largest absolute Gasteiger partial charge is 0.489 e. The smallest absolute Gasteiger partial charge is 0.255 e. The fourth-order valence-corrected chi connectivity index (χ4v) is 5.90. The molecule has 3 heterocycles. The van der Waals surface area contributed by atoms with E-state index < -0.39 is 11.9 Å². The van der Waals surface area contributed by atoms with E-state index in [4.69, 9.17) is 18.9 Å². The molecule has 0 radical (unpaired) electrons. The van der Waals surface area contributed by atoms with Crippen LogP contribution in [0.1, 0.15) is 53.2 Å². The molecule has 0 spiro atoms. The van der Waals surface area contributed by atoms with Gasteiger partial charge in [-0.05, 0) is 36.1 Å². The van der Waals surface area contributed by atoms with Crippen molar-refractivity contribution < 1.29 is 33.3 Å². The number of carbonyl (C=O) groups excluding carboxylic acids is 3. The molecule has 244 valence electrons. The van der Waals surface area contributed by atoms with Gasteiger partial charge in [-0.1, -0.05) is 37.3 Å². The van der Waals surface area contributed by atoms with Gasteiger partial charge in [0.05, 0.1) is 39.6 Å². The van der Waals surface area contributed by atoms with E-state index in [1.54, 1.807) is 17.0 Å². The summed E-state index contributed by atoms with van der Waals surface area (Å²) in [5, 5.41) is 2.35. The summed E-state index contributed by atoms with van der Waals surface area (Å²) in [7, 11) is 0. The van der Waals surface area contributed by atoms with Crippen LogP contribution in [0.5, 0.6) is 5.75 Å². The molecule has 11 nitrogen and oxygen atoms in total. The van der Waals surface area contributed by atoms with Crippen molar-refractivity contribution in [2.24, 2.45) is 0 Å². The van der Waals surface area contributed by atoms with E-state index in [0.717, 1.165) is 70.0 Å². The number of hydrogen-bond donors (Lipinski definition) is 1. The highest BCUT2D eigenvalue weighted by Crippen LogP contribution is 2.34. The highest BCUT2D eigenvalue weighted by atomic mass is 16.5. The normalized spacial score (nSPS) is 19.2. The first-order valence-corrected chi connectivity index (χ1v) is 16.2. The van der Waals surface area contributed by atoms with Gasteiger partial charge in [0.15, 0.2) is 0 Å². The lowest BCUT2D eigenvalue weighted by Gasteiger charge is -2.34. The summed E-state index contributed by atoms with van der Waals surface area (Å²) in [4.78, 5) is 43.5. The third kappa shape index (κ3) is 9.34. The molecule has 11 heteroatoms. The number of piperidine rings is 1. The minimum Gasteiger partial charge on any atom is -0.489 e. The Morgan fingerprint density at radius 3 is 2.18 bits per heavy atom. The number of benzene rings is 2. The fourth-order valence-electron chi connectivity index (χ4n) is 5.90. The summed E-state index contributed by atoms with van der Waals surface area (Å²) in [6.45, 7) is 12.7. The van der Waals surface area contributed by atoms with Crippen molar-refractivity contribution in [1.29, 1.82) is 0 Å². The first kappa shape index (κ1) is 33.0. The number of rotatable bonds is 17. The van der Waals surface area contributed by atoms with Crippen molar-refractivity contribution >= 4 is 17.7 Å². The number of hydrogen-bond acceptors (Lipinski definition) is 9.